The molecule has 0 bridgehead atoms. The smallest absolute Gasteiger partial charge is 0.308 e. The molecule has 0 radical (unpaired) electrons. The van der Waals surface area contributed by atoms with Gasteiger partial charge in [0, 0.05) is 23.2 Å². The molecular weight excluding hydrogens is 441 g/mol. The fourth-order valence-corrected chi connectivity index (χ4v) is 3.86. The highest BCUT2D eigenvalue weighted by Crippen LogP contribution is 2.34. The third-order valence-electron chi connectivity index (χ3n) is 5.50. The van der Waals surface area contributed by atoms with E-state index in [-0.39, 0.29) is 13.0 Å². The van der Waals surface area contributed by atoms with Crippen molar-refractivity contribution >= 4 is 17.8 Å². The van der Waals surface area contributed by atoms with Crippen LogP contribution < -0.4 is 10.2 Å². The van der Waals surface area contributed by atoms with Crippen LogP contribution >= 0.6 is 0 Å². The number of carbonyl (C=O) groups excluding carboxylic acids is 1. The predicted molar refractivity (Wildman–Crippen MR) is 123 cm³/mol. The standard InChI is InChI=1S/C24H24FN5O4/c1-14-28-29-24-20(13-22(31)34-3)27-23(18-12-17(33-2)8-9-21(18)30(14)24)16-7-6-15(19(25)11-16)5-4-10-26-32/h4-9,11-12,20,26,32H,10,13H2,1-3H3/b5-4+/t20-/m0/s1. The molecule has 2 N–H and O–H groups in total. The number of nitrogens with zero attached hydrogens (tertiary/aromatic N) is 4. The average Bonchev–Trinajstić information content (AvgIpc) is 3.16. The van der Waals surface area contributed by atoms with E-state index in [1.807, 2.05) is 35.2 Å². The number of ether oxygens (including phenoxy) is 2. The Morgan fingerprint density at radius 3 is 2.76 bits per heavy atom. The fraction of sp³-hybridized carbons (Fsp3) is 0.250. The normalized spacial score (nSPS) is 14.9. The first kappa shape index (κ1) is 23.3. The molecule has 0 unspecified atom stereocenters. The molecule has 0 amide bonds. The van der Waals surface area contributed by atoms with E-state index < -0.39 is 17.8 Å². The second-order valence-corrected chi connectivity index (χ2v) is 7.60. The van der Waals surface area contributed by atoms with Crippen LogP contribution in [0.3, 0.4) is 0 Å². The second-order valence-electron chi connectivity index (χ2n) is 7.60. The molecule has 3 aromatic rings. The molecule has 0 aliphatic carbocycles. The highest BCUT2D eigenvalue weighted by Gasteiger charge is 2.30. The SMILES string of the molecule is COC(=O)C[C@@H]1N=C(c2ccc(/C=C/CNO)c(F)c2)c2cc(OC)ccc2-n2c(C)nnc21. The summed E-state index contributed by atoms with van der Waals surface area (Å²) in [4.78, 5) is 17.1. The van der Waals surface area contributed by atoms with E-state index in [2.05, 4.69) is 10.2 Å². The molecule has 176 valence electrons. The van der Waals surface area contributed by atoms with Gasteiger partial charge in [0.05, 0.1) is 32.0 Å². The van der Waals surface area contributed by atoms with Gasteiger partial charge in [0.1, 0.15) is 23.4 Å². The Morgan fingerprint density at radius 1 is 1.24 bits per heavy atom. The Kier molecular flexibility index (Phi) is 6.80. The Bertz CT molecular complexity index is 1280. The number of aliphatic imine (C=N–C) groups is 1. The van der Waals surface area contributed by atoms with Crippen LogP contribution in [0.5, 0.6) is 5.75 Å². The van der Waals surface area contributed by atoms with Crippen LogP contribution in [0, 0.1) is 12.7 Å². The zero-order valence-electron chi connectivity index (χ0n) is 18.9. The molecular formula is C24H24FN5O4. The summed E-state index contributed by atoms with van der Waals surface area (Å²) in [6, 6.07) is 9.57. The third kappa shape index (κ3) is 4.45. The maximum Gasteiger partial charge on any atom is 0.308 e. The van der Waals surface area contributed by atoms with Gasteiger partial charge in [-0.25, -0.2) is 9.87 Å². The van der Waals surface area contributed by atoms with Crippen LogP contribution in [0.1, 0.15) is 40.8 Å². The monoisotopic (exact) mass is 465 g/mol. The number of methoxy groups -OCH3 is 2. The molecule has 0 fully saturated rings. The largest absolute Gasteiger partial charge is 0.497 e. The zero-order valence-corrected chi connectivity index (χ0v) is 18.9. The maximum absolute atomic E-state index is 15.0. The average molecular weight is 465 g/mol. The lowest BCUT2D eigenvalue weighted by atomic mass is 9.98. The number of nitrogens with one attached hydrogen (secondary N) is 1. The van der Waals surface area contributed by atoms with Crippen molar-refractivity contribution in [3.63, 3.8) is 0 Å². The molecule has 0 saturated carbocycles. The van der Waals surface area contributed by atoms with Crippen molar-refractivity contribution in [2.24, 2.45) is 4.99 Å². The Balaban J connectivity index is 1.91. The van der Waals surface area contributed by atoms with Crippen molar-refractivity contribution < 1.29 is 23.9 Å². The van der Waals surface area contributed by atoms with Crippen molar-refractivity contribution in [1.82, 2.24) is 20.2 Å². The second kappa shape index (κ2) is 9.94. The van der Waals surface area contributed by atoms with E-state index in [1.165, 1.54) is 13.2 Å². The molecule has 1 aromatic heterocycles. The van der Waals surface area contributed by atoms with Crippen molar-refractivity contribution in [3.8, 4) is 11.4 Å². The van der Waals surface area contributed by atoms with Crippen LogP contribution in [0.2, 0.25) is 0 Å². The number of fused-ring (bicyclic) bond motifs is 3. The highest BCUT2D eigenvalue weighted by atomic mass is 19.1. The Morgan fingerprint density at radius 2 is 2.06 bits per heavy atom. The molecule has 0 spiro atoms. The van der Waals surface area contributed by atoms with E-state index in [0.29, 0.717) is 39.8 Å². The molecule has 1 aliphatic heterocycles. The predicted octanol–water partition coefficient (Wildman–Crippen LogP) is 3.17. The first-order chi connectivity index (χ1) is 16.5. The van der Waals surface area contributed by atoms with Crippen LogP contribution in [0.15, 0.2) is 47.5 Å². The van der Waals surface area contributed by atoms with Crippen LogP contribution in [-0.2, 0) is 9.53 Å². The number of hydrogen-bond acceptors (Lipinski definition) is 8. The first-order valence-electron chi connectivity index (χ1n) is 10.6. The van der Waals surface area contributed by atoms with Crippen LogP contribution in [0.4, 0.5) is 4.39 Å². The minimum Gasteiger partial charge on any atom is -0.497 e. The minimum absolute atomic E-state index is 0.0548. The molecule has 1 atom stereocenters. The topological polar surface area (TPSA) is 111 Å². The van der Waals surface area contributed by atoms with Crippen molar-refractivity contribution in [3.05, 3.63) is 76.6 Å². The van der Waals surface area contributed by atoms with Crippen LogP contribution in [0.25, 0.3) is 11.8 Å². The summed E-state index contributed by atoms with van der Waals surface area (Å²) >= 11 is 0. The lowest BCUT2D eigenvalue weighted by Crippen LogP contribution is -2.12. The van der Waals surface area contributed by atoms with Gasteiger partial charge < -0.3 is 14.7 Å². The van der Waals surface area contributed by atoms with Gasteiger partial charge >= 0.3 is 5.97 Å². The van der Waals surface area contributed by atoms with Gasteiger partial charge in [-0.15, -0.1) is 10.2 Å². The minimum atomic E-state index is -0.694. The molecule has 0 saturated heterocycles. The van der Waals surface area contributed by atoms with Gasteiger partial charge in [0.2, 0.25) is 0 Å². The molecule has 10 heteroatoms. The number of hydrogen-bond donors (Lipinski definition) is 2. The number of aryl methyl sites for hydroxylation is 1. The van der Waals surface area contributed by atoms with E-state index in [1.54, 1.807) is 31.4 Å². The summed E-state index contributed by atoms with van der Waals surface area (Å²) in [7, 11) is 2.87. The summed E-state index contributed by atoms with van der Waals surface area (Å²) < 4.78 is 27.1. The molecule has 4 rings (SSSR count). The molecule has 34 heavy (non-hydrogen) atoms. The van der Waals surface area contributed by atoms with E-state index in [4.69, 9.17) is 19.7 Å². The quantitative estimate of drug-likeness (QED) is 0.407. The first-order valence-corrected chi connectivity index (χ1v) is 10.6. The lowest BCUT2D eigenvalue weighted by Gasteiger charge is -2.14. The molecule has 1 aliphatic rings. The number of esters is 1. The summed E-state index contributed by atoms with van der Waals surface area (Å²) in [6.07, 6.45) is 3.11. The zero-order chi connectivity index (χ0) is 24.2. The Labute approximate surface area is 195 Å². The van der Waals surface area contributed by atoms with Gasteiger partial charge in [0.25, 0.3) is 0 Å². The Hall–Kier alpha value is -3.89. The maximum atomic E-state index is 15.0. The number of benzene rings is 2. The van der Waals surface area contributed by atoms with E-state index >= 15 is 0 Å². The molecule has 2 heterocycles. The molecule has 2 aromatic carbocycles. The van der Waals surface area contributed by atoms with Gasteiger partial charge in [-0.3, -0.25) is 14.4 Å². The number of halogens is 1. The van der Waals surface area contributed by atoms with Gasteiger partial charge in [0.15, 0.2) is 5.82 Å². The summed E-state index contributed by atoms with van der Waals surface area (Å²) in [5.74, 6) is 0.801. The lowest BCUT2D eigenvalue weighted by molar-refractivity contribution is -0.141. The number of carbonyl (C=O) groups is 1. The number of rotatable bonds is 7. The van der Waals surface area contributed by atoms with Gasteiger partial charge in [-0.2, -0.15) is 0 Å². The summed E-state index contributed by atoms with van der Waals surface area (Å²) in [6.45, 7) is 2.00. The van der Waals surface area contributed by atoms with E-state index in [0.717, 1.165) is 5.69 Å². The van der Waals surface area contributed by atoms with Crippen LogP contribution in [-0.4, -0.2) is 52.4 Å². The molecule has 9 nitrogen and oxygen atoms in total. The van der Waals surface area contributed by atoms with Gasteiger partial charge in [-0.1, -0.05) is 24.3 Å². The highest BCUT2D eigenvalue weighted by molar-refractivity contribution is 6.15. The van der Waals surface area contributed by atoms with Crippen molar-refractivity contribution in [1.29, 1.82) is 0 Å². The third-order valence-corrected chi connectivity index (χ3v) is 5.50. The van der Waals surface area contributed by atoms with Crippen molar-refractivity contribution in [2.45, 2.75) is 19.4 Å². The summed E-state index contributed by atoms with van der Waals surface area (Å²) in [5, 5.41) is 17.2. The van der Waals surface area contributed by atoms with E-state index in [9.17, 15) is 9.18 Å². The fourth-order valence-electron chi connectivity index (χ4n) is 3.86. The number of aromatic nitrogens is 3. The van der Waals surface area contributed by atoms with Gasteiger partial charge in [-0.05, 0) is 31.2 Å². The number of hydroxylamine groups is 1. The summed E-state index contributed by atoms with van der Waals surface area (Å²) in [5.41, 5.74) is 4.78. The van der Waals surface area contributed by atoms with Crippen molar-refractivity contribution in [2.75, 3.05) is 20.8 Å².